The third-order valence-electron chi connectivity index (χ3n) is 2.60. The lowest BCUT2D eigenvalue weighted by Crippen LogP contribution is -2.11. The molecule has 1 heterocycles. The van der Waals surface area contributed by atoms with Crippen LogP contribution in [0.4, 0.5) is 0 Å². The fraction of sp³-hybridized carbons (Fsp3) is 0.333. The summed E-state index contributed by atoms with van der Waals surface area (Å²) in [6, 6.07) is 0. The second-order valence-corrected chi connectivity index (χ2v) is 5.35. The van der Waals surface area contributed by atoms with Gasteiger partial charge in [0.05, 0.1) is 0 Å². The van der Waals surface area contributed by atoms with Crippen LogP contribution in [0.5, 0.6) is 0 Å². The van der Waals surface area contributed by atoms with E-state index in [1.165, 1.54) is 17.5 Å². The third kappa shape index (κ3) is 5.93. The summed E-state index contributed by atoms with van der Waals surface area (Å²) in [7, 11) is 1.93. The number of nitrogens with zero attached hydrogens (tertiary/aromatic N) is 1. The van der Waals surface area contributed by atoms with Crippen molar-refractivity contribution in [3.05, 3.63) is 46.4 Å². The average molecular weight is 290 g/mol. The van der Waals surface area contributed by atoms with Crippen LogP contribution in [-0.4, -0.2) is 25.2 Å². The summed E-state index contributed by atoms with van der Waals surface area (Å²) in [6.45, 7) is 4.19. The van der Waals surface area contributed by atoms with Crippen LogP contribution >= 0.6 is 11.8 Å². The highest BCUT2D eigenvalue weighted by Gasteiger charge is 2.03. The van der Waals surface area contributed by atoms with Gasteiger partial charge in [-0.25, -0.2) is 4.99 Å². The Bertz CT molecular complexity index is 480. The lowest BCUT2D eigenvalue weighted by Gasteiger charge is -2.09. The van der Waals surface area contributed by atoms with Crippen LogP contribution in [0.15, 0.2) is 51.4 Å². The molecule has 1 aliphatic heterocycles. The Hall–Kier alpha value is -1.75. The fourth-order valence-corrected chi connectivity index (χ4v) is 2.33. The predicted octanol–water partition coefficient (Wildman–Crippen LogP) is 3.19. The smallest absolute Gasteiger partial charge is 0.135 e. The zero-order valence-corrected chi connectivity index (χ0v) is 13.1. The van der Waals surface area contributed by atoms with Gasteiger partial charge in [0, 0.05) is 49.1 Å². The summed E-state index contributed by atoms with van der Waals surface area (Å²) < 4.78 is 0. The third-order valence-corrected chi connectivity index (χ3v) is 3.53. The van der Waals surface area contributed by atoms with Crippen LogP contribution in [0.3, 0.4) is 0 Å². The SMILES string of the molecule is CN/C(=C\SC/C(C=N)=C1\N=CC=CN1)CC=C(C)C. The van der Waals surface area contributed by atoms with Crippen LogP contribution < -0.4 is 10.6 Å². The summed E-state index contributed by atoms with van der Waals surface area (Å²) in [4.78, 5) is 4.22. The molecule has 20 heavy (non-hydrogen) atoms. The Morgan fingerprint density at radius 2 is 2.30 bits per heavy atom. The Morgan fingerprint density at radius 3 is 2.85 bits per heavy atom. The zero-order chi connectivity index (χ0) is 14.8. The molecule has 4 nitrogen and oxygen atoms in total. The number of nitrogens with one attached hydrogen (secondary N) is 3. The Labute approximate surface area is 125 Å². The second-order valence-electron chi connectivity index (χ2n) is 4.49. The zero-order valence-electron chi connectivity index (χ0n) is 12.2. The molecule has 0 bridgehead atoms. The summed E-state index contributed by atoms with van der Waals surface area (Å²) in [5.74, 6) is 1.47. The second kappa shape index (κ2) is 9.20. The van der Waals surface area contributed by atoms with E-state index in [4.69, 9.17) is 5.41 Å². The van der Waals surface area contributed by atoms with Gasteiger partial charge in [-0.05, 0) is 25.3 Å². The van der Waals surface area contributed by atoms with Crippen LogP contribution in [0.25, 0.3) is 0 Å². The van der Waals surface area contributed by atoms with E-state index in [9.17, 15) is 0 Å². The normalized spacial score (nSPS) is 16.4. The Balaban J connectivity index is 2.60. The first kappa shape index (κ1) is 16.3. The molecule has 0 aromatic carbocycles. The van der Waals surface area contributed by atoms with Crippen molar-refractivity contribution in [3.63, 3.8) is 0 Å². The molecular formula is C15H22N4S. The monoisotopic (exact) mass is 290 g/mol. The van der Waals surface area contributed by atoms with Gasteiger partial charge in [-0.3, -0.25) is 0 Å². The van der Waals surface area contributed by atoms with Crippen LogP contribution in [-0.2, 0) is 0 Å². The van der Waals surface area contributed by atoms with E-state index in [2.05, 4.69) is 41.0 Å². The van der Waals surface area contributed by atoms with Crippen molar-refractivity contribution < 1.29 is 0 Å². The van der Waals surface area contributed by atoms with E-state index in [0.29, 0.717) is 0 Å². The fourth-order valence-electron chi connectivity index (χ4n) is 1.43. The lowest BCUT2D eigenvalue weighted by atomic mass is 10.2. The van der Waals surface area contributed by atoms with E-state index in [0.717, 1.165) is 23.6 Å². The van der Waals surface area contributed by atoms with Crippen LogP contribution in [0.2, 0.25) is 0 Å². The first-order valence-electron chi connectivity index (χ1n) is 6.48. The standard InChI is InChI=1S/C15H22N4S/c1-12(2)5-6-14(17-3)11-20-10-13(9-16)15-18-7-4-8-19-15/h4-5,7-9,11,16-18H,6,10H2,1-3H3/b14-11-,15-13-,16-9?. The quantitative estimate of drug-likeness (QED) is 0.498. The molecule has 5 heteroatoms. The molecule has 0 radical (unpaired) electrons. The van der Waals surface area contributed by atoms with Gasteiger partial charge in [-0.1, -0.05) is 11.6 Å². The highest BCUT2D eigenvalue weighted by molar-refractivity contribution is 8.02. The summed E-state index contributed by atoms with van der Waals surface area (Å²) >= 11 is 1.66. The number of aliphatic imine (C=N–C) groups is 1. The molecule has 0 aromatic heterocycles. The summed E-state index contributed by atoms with van der Waals surface area (Å²) in [6.07, 6.45) is 9.83. The highest BCUT2D eigenvalue weighted by atomic mass is 32.2. The van der Waals surface area contributed by atoms with Gasteiger partial charge in [0.25, 0.3) is 0 Å². The molecule has 0 unspecified atom stereocenters. The minimum atomic E-state index is 0.719. The van der Waals surface area contributed by atoms with Gasteiger partial charge in [-0.2, -0.15) is 0 Å². The molecule has 108 valence electrons. The molecule has 0 aromatic rings. The van der Waals surface area contributed by atoms with Crippen LogP contribution in [0.1, 0.15) is 20.3 Å². The molecule has 0 atom stereocenters. The molecule has 1 rings (SSSR count). The number of hydrogen-bond acceptors (Lipinski definition) is 5. The van der Waals surface area contributed by atoms with Crippen molar-refractivity contribution >= 4 is 24.2 Å². The molecule has 0 saturated carbocycles. The number of rotatable bonds is 7. The Morgan fingerprint density at radius 1 is 1.50 bits per heavy atom. The molecule has 1 aliphatic rings. The summed E-state index contributed by atoms with van der Waals surface area (Å²) in [5.41, 5.74) is 3.36. The number of thioether (sulfide) groups is 1. The van der Waals surface area contributed by atoms with Gasteiger partial charge in [0.15, 0.2) is 0 Å². The molecule has 3 N–H and O–H groups in total. The van der Waals surface area contributed by atoms with E-state index in [-0.39, 0.29) is 0 Å². The largest absolute Gasteiger partial charge is 0.391 e. The Kier molecular flexibility index (Phi) is 7.50. The highest BCUT2D eigenvalue weighted by Crippen LogP contribution is 2.15. The molecule has 0 amide bonds. The van der Waals surface area contributed by atoms with Crippen molar-refractivity contribution in [3.8, 4) is 0 Å². The maximum absolute atomic E-state index is 7.48. The number of hydrogen-bond donors (Lipinski definition) is 3. The molecule has 0 aliphatic carbocycles. The van der Waals surface area contributed by atoms with Crippen molar-refractivity contribution in [1.82, 2.24) is 10.6 Å². The van der Waals surface area contributed by atoms with Crippen molar-refractivity contribution in [2.45, 2.75) is 20.3 Å². The lowest BCUT2D eigenvalue weighted by molar-refractivity contribution is 0.939. The van der Waals surface area contributed by atoms with E-state index in [1.807, 2.05) is 19.3 Å². The summed E-state index contributed by atoms with van der Waals surface area (Å²) in [5, 5.41) is 15.8. The molecular weight excluding hydrogens is 268 g/mol. The first-order valence-corrected chi connectivity index (χ1v) is 7.53. The van der Waals surface area contributed by atoms with Crippen molar-refractivity contribution in [2.75, 3.05) is 12.8 Å². The van der Waals surface area contributed by atoms with Crippen LogP contribution in [0, 0.1) is 5.41 Å². The minimum Gasteiger partial charge on any atom is -0.391 e. The topological polar surface area (TPSA) is 60.3 Å². The predicted molar refractivity (Wildman–Crippen MR) is 90.2 cm³/mol. The van der Waals surface area contributed by atoms with Crippen molar-refractivity contribution in [2.24, 2.45) is 4.99 Å². The average Bonchev–Trinajstić information content (AvgIpc) is 2.47. The van der Waals surface area contributed by atoms with E-state index >= 15 is 0 Å². The molecule has 0 fully saturated rings. The van der Waals surface area contributed by atoms with Gasteiger partial charge in [0.2, 0.25) is 0 Å². The van der Waals surface area contributed by atoms with E-state index < -0.39 is 0 Å². The minimum absolute atomic E-state index is 0.719. The number of allylic oxidation sites excluding steroid dienone is 3. The van der Waals surface area contributed by atoms with Gasteiger partial charge in [-0.15, -0.1) is 11.8 Å². The first-order chi connectivity index (χ1) is 9.67. The van der Waals surface area contributed by atoms with Gasteiger partial charge < -0.3 is 16.0 Å². The molecule has 0 saturated heterocycles. The van der Waals surface area contributed by atoms with Crippen molar-refractivity contribution in [1.29, 1.82) is 5.41 Å². The molecule has 0 spiro atoms. The van der Waals surface area contributed by atoms with Gasteiger partial charge >= 0.3 is 0 Å². The van der Waals surface area contributed by atoms with Gasteiger partial charge in [0.1, 0.15) is 5.82 Å². The maximum Gasteiger partial charge on any atom is 0.135 e. The maximum atomic E-state index is 7.48. The van der Waals surface area contributed by atoms with E-state index in [1.54, 1.807) is 18.0 Å².